The summed E-state index contributed by atoms with van der Waals surface area (Å²) in [6, 6.07) is 10.2. The summed E-state index contributed by atoms with van der Waals surface area (Å²) in [5.74, 6) is -3.87. The van der Waals surface area contributed by atoms with Gasteiger partial charge >= 0.3 is 12.1 Å². The molecule has 8 heteroatoms. The van der Waals surface area contributed by atoms with Crippen LogP contribution in [0.5, 0.6) is 0 Å². The number of rotatable bonds is 6. The number of aliphatic carboxylic acids is 1. The van der Waals surface area contributed by atoms with E-state index in [-0.39, 0.29) is 34.9 Å². The minimum atomic E-state index is -4.53. The van der Waals surface area contributed by atoms with Gasteiger partial charge < -0.3 is 5.11 Å². The van der Waals surface area contributed by atoms with Gasteiger partial charge in [-0.3, -0.25) is 4.79 Å². The summed E-state index contributed by atoms with van der Waals surface area (Å²) >= 11 is 0. The van der Waals surface area contributed by atoms with Crippen LogP contribution >= 0.6 is 0 Å². The molecule has 0 bridgehead atoms. The van der Waals surface area contributed by atoms with Gasteiger partial charge in [0.15, 0.2) is 0 Å². The Morgan fingerprint density at radius 3 is 2.03 bits per heavy atom. The normalized spacial score (nSPS) is 12.8. The Balaban J connectivity index is 2.22. The van der Waals surface area contributed by atoms with Crippen LogP contribution < -0.4 is 0 Å². The Kier molecular flexibility index (Phi) is 6.62. The van der Waals surface area contributed by atoms with Gasteiger partial charge in [0, 0.05) is 5.56 Å². The summed E-state index contributed by atoms with van der Waals surface area (Å²) in [5, 5.41) is 9.74. The van der Waals surface area contributed by atoms with E-state index < -0.39 is 40.8 Å². The zero-order valence-electron chi connectivity index (χ0n) is 17.3. The highest BCUT2D eigenvalue weighted by atomic mass is 19.4. The van der Waals surface area contributed by atoms with Gasteiger partial charge in [-0.2, -0.15) is 13.2 Å². The highest BCUT2D eigenvalue weighted by Gasteiger charge is 2.30. The first-order valence-corrected chi connectivity index (χ1v) is 9.84. The van der Waals surface area contributed by atoms with Crippen LogP contribution in [-0.4, -0.2) is 16.1 Å². The molecule has 2 aromatic carbocycles. The van der Waals surface area contributed by atoms with Gasteiger partial charge in [-0.15, -0.1) is 0 Å². The number of aromatic nitrogens is 1. The zero-order valence-corrected chi connectivity index (χ0v) is 17.3. The smallest absolute Gasteiger partial charge is 0.416 e. The Morgan fingerprint density at radius 2 is 1.53 bits per heavy atom. The summed E-state index contributed by atoms with van der Waals surface area (Å²) in [5.41, 5.74) is -0.802. The number of hydrogen-bond acceptors (Lipinski definition) is 2. The molecule has 3 aromatic rings. The predicted molar refractivity (Wildman–Crippen MR) is 110 cm³/mol. The number of carboxylic acids is 1. The Bertz CT molecular complexity index is 1100. The van der Waals surface area contributed by atoms with Crippen molar-refractivity contribution in [2.75, 3.05) is 0 Å². The third kappa shape index (κ3) is 5.12. The van der Waals surface area contributed by atoms with E-state index in [0.29, 0.717) is 0 Å². The Morgan fingerprint density at radius 1 is 0.969 bits per heavy atom. The molecule has 0 amide bonds. The average molecular weight is 449 g/mol. The van der Waals surface area contributed by atoms with Crippen LogP contribution in [0.4, 0.5) is 22.0 Å². The molecule has 0 aliphatic carbocycles. The second-order valence-corrected chi connectivity index (χ2v) is 7.86. The maximum absolute atomic E-state index is 14.4. The first kappa shape index (κ1) is 23.4. The van der Waals surface area contributed by atoms with Gasteiger partial charge in [-0.1, -0.05) is 32.0 Å². The molecule has 32 heavy (non-hydrogen) atoms. The van der Waals surface area contributed by atoms with E-state index >= 15 is 0 Å². The van der Waals surface area contributed by atoms with E-state index in [1.807, 2.05) is 13.8 Å². The van der Waals surface area contributed by atoms with Crippen LogP contribution in [-0.2, 0) is 11.0 Å². The topological polar surface area (TPSA) is 50.2 Å². The maximum atomic E-state index is 14.4. The highest BCUT2D eigenvalue weighted by molar-refractivity contribution is 5.78. The Hall–Kier alpha value is -3.29. The second-order valence-electron chi connectivity index (χ2n) is 7.86. The lowest BCUT2D eigenvalue weighted by molar-refractivity contribution is -0.139. The van der Waals surface area contributed by atoms with Gasteiger partial charge in [0.2, 0.25) is 0 Å². The van der Waals surface area contributed by atoms with Crippen LogP contribution in [0.1, 0.15) is 37.3 Å². The van der Waals surface area contributed by atoms with Crippen molar-refractivity contribution in [1.29, 1.82) is 0 Å². The standard InChI is InChI=1S/C24H20F5NO2/c1-13(2)10-17(23(31)32)15-11-20(14-6-8-16(9-7-14)24(27,28)29)30-21(12-15)22-18(25)4-3-5-19(22)26/h3-9,11-13,17H,10H2,1-2H3,(H,31,32). The molecular weight excluding hydrogens is 429 g/mol. The van der Waals surface area contributed by atoms with Crippen molar-refractivity contribution in [3.63, 3.8) is 0 Å². The molecule has 0 spiro atoms. The Labute approximate surface area is 181 Å². The summed E-state index contributed by atoms with van der Waals surface area (Å²) in [7, 11) is 0. The lowest BCUT2D eigenvalue weighted by Crippen LogP contribution is -2.15. The van der Waals surface area contributed by atoms with Crippen molar-refractivity contribution in [3.8, 4) is 22.5 Å². The van der Waals surface area contributed by atoms with Crippen LogP contribution in [0.25, 0.3) is 22.5 Å². The summed E-state index contributed by atoms with van der Waals surface area (Å²) in [4.78, 5) is 16.2. The molecule has 168 valence electrons. The van der Waals surface area contributed by atoms with Crippen LogP contribution in [0.15, 0.2) is 54.6 Å². The van der Waals surface area contributed by atoms with E-state index in [2.05, 4.69) is 4.98 Å². The second kappa shape index (κ2) is 9.06. The van der Waals surface area contributed by atoms with Crippen LogP contribution in [0.3, 0.4) is 0 Å². The third-order valence-corrected chi connectivity index (χ3v) is 4.98. The molecule has 0 aliphatic rings. The summed E-state index contributed by atoms with van der Waals surface area (Å²) in [6.45, 7) is 3.68. The quantitative estimate of drug-likeness (QED) is 0.415. The van der Waals surface area contributed by atoms with E-state index in [4.69, 9.17) is 0 Å². The molecule has 0 saturated heterocycles. The van der Waals surface area contributed by atoms with Crippen molar-refractivity contribution in [2.45, 2.75) is 32.4 Å². The number of benzene rings is 2. The van der Waals surface area contributed by atoms with Crippen LogP contribution in [0, 0.1) is 17.6 Å². The fourth-order valence-electron chi connectivity index (χ4n) is 3.45. The lowest BCUT2D eigenvalue weighted by atomic mass is 9.89. The van der Waals surface area contributed by atoms with Gasteiger partial charge in [0.1, 0.15) is 11.6 Å². The zero-order chi connectivity index (χ0) is 23.6. The van der Waals surface area contributed by atoms with E-state index in [0.717, 1.165) is 24.3 Å². The number of alkyl halides is 3. The van der Waals surface area contributed by atoms with Gasteiger partial charge in [0.25, 0.3) is 0 Å². The van der Waals surface area contributed by atoms with E-state index in [1.54, 1.807) is 0 Å². The van der Waals surface area contributed by atoms with E-state index in [1.165, 1.54) is 30.3 Å². The number of nitrogens with zero attached hydrogens (tertiary/aromatic N) is 1. The molecule has 1 N–H and O–H groups in total. The van der Waals surface area contributed by atoms with Crippen molar-refractivity contribution in [1.82, 2.24) is 4.98 Å². The number of carbonyl (C=O) groups is 1. The number of carboxylic acid groups (broad SMARTS) is 1. The first-order chi connectivity index (χ1) is 15.0. The molecule has 1 aromatic heterocycles. The maximum Gasteiger partial charge on any atom is 0.416 e. The predicted octanol–water partition coefficient (Wildman–Crippen LogP) is 6.93. The van der Waals surface area contributed by atoms with Crippen LogP contribution in [0.2, 0.25) is 0 Å². The molecule has 1 atom stereocenters. The molecule has 3 nitrogen and oxygen atoms in total. The highest BCUT2D eigenvalue weighted by Crippen LogP contribution is 2.35. The van der Waals surface area contributed by atoms with Gasteiger partial charge in [-0.05, 0) is 54.3 Å². The molecule has 3 rings (SSSR count). The van der Waals surface area contributed by atoms with Crippen molar-refractivity contribution in [3.05, 3.63) is 77.4 Å². The van der Waals surface area contributed by atoms with Gasteiger partial charge in [-0.25, -0.2) is 13.8 Å². The fourth-order valence-corrected chi connectivity index (χ4v) is 3.45. The molecule has 0 saturated carbocycles. The number of pyridine rings is 1. The van der Waals surface area contributed by atoms with Crippen molar-refractivity contribution < 1.29 is 31.9 Å². The van der Waals surface area contributed by atoms with Gasteiger partial charge in [0.05, 0.1) is 28.4 Å². The summed E-state index contributed by atoms with van der Waals surface area (Å²) < 4.78 is 67.6. The fraction of sp³-hybridized carbons (Fsp3) is 0.250. The van der Waals surface area contributed by atoms with E-state index in [9.17, 15) is 31.9 Å². The molecule has 0 fully saturated rings. The number of halogens is 5. The van der Waals surface area contributed by atoms with Crippen molar-refractivity contribution in [2.24, 2.45) is 5.92 Å². The minimum absolute atomic E-state index is 0.00688. The average Bonchev–Trinajstić information content (AvgIpc) is 2.71. The molecule has 0 radical (unpaired) electrons. The SMILES string of the molecule is CC(C)CC(C(=O)O)c1cc(-c2ccc(C(F)(F)F)cc2)nc(-c2c(F)cccc2F)c1. The molecule has 0 aliphatic heterocycles. The lowest BCUT2D eigenvalue weighted by Gasteiger charge is -2.18. The molecule has 1 heterocycles. The monoisotopic (exact) mass is 449 g/mol. The van der Waals surface area contributed by atoms with Crippen molar-refractivity contribution >= 4 is 5.97 Å². The third-order valence-electron chi connectivity index (χ3n) is 4.98. The number of hydrogen-bond donors (Lipinski definition) is 1. The first-order valence-electron chi connectivity index (χ1n) is 9.84. The summed E-state index contributed by atoms with van der Waals surface area (Å²) in [6.07, 6.45) is -4.27. The largest absolute Gasteiger partial charge is 0.481 e. The molecule has 1 unspecified atom stereocenters. The minimum Gasteiger partial charge on any atom is -0.481 e. The molecular formula is C24H20F5NO2.